The smallest absolute Gasteiger partial charge is 0.135 e. The van der Waals surface area contributed by atoms with E-state index in [1.54, 1.807) is 0 Å². The lowest BCUT2D eigenvalue weighted by atomic mass is 10.3. The number of nitrogens with zero attached hydrogens (tertiary/aromatic N) is 2. The summed E-state index contributed by atoms with van der Waals surface area (Å²) in [5, 5.41) is 4.19. The third-order valence-corrected chi connectivity index (χ3v) is 3.33. The average molecular weight is 311 g/mol. The van der Waals surface area contributed by atoms with Gasteiger partial charge >= 0.3 is 0 Å². The summed E-state index contributed by atoms with van der Waals surface area (Å²) >= 11 is 4.08. The van der Waals surface area contributed by atoms with Crippen molar-refractivity contribution in [3.05, 3.63) is 9.77 Å². The van der Waals surface area contributed by atoms with Crippen molar-refractivity contribution in [2.45, 2.75) is 19.4 Å². The Morgan fingerprint density at radius 2 is 2.38 bits per heavy atom. The van der Waals surface area contributed by atoms with Crippen molar-refractivity contribution in [3.8, 4) is 0 Å². The summed E-state index contributed by atoms with van der Waals surface area (Å²) in [6.45, 7) is 0.940. The Labute approximate surface area is 96.6 Å². The Hall–Kier alpha value is 0.0900. The van der Waals surface area contributed by atoms with Gasteiger partial charge in [0.05, 0.1) is 9.77 Å². The molecule has 0 spiro atoms. The van der Waals surface area contributed by atoms with Gasteiger partial charge in [0.2, 0.25) is 0 Å². The van der Waals surface area contributed by atoms with Crippen LogP contribution in [-0.2, 0) is 6.54 Å². The molecular weight excluding hydrogens is 297 g/mol. The number of nitrogen functional groups attached to an aromatic ring is 1. The van der Waals surface area contributed by atoms with Crippen LogP contribution in [0, 0.1) is 3.57 Å². The van der Waals surface area contributed by atoms with Crippen molar-refractivity contribution >= 4 is 40.2 Å². The van der Waals surface area contributed by atoms with Gasteiger partial charge in [-0.3, -0.25) is 0 Å². The van der Waals surface area contributed by atoms with E-state index < -0.39 is 0 Å². The second-order valence-electron chi connectivity index (χ2n) is 2.80. The number of anilines is 1. The van der Waals surface area contributed by atoms with Gasteiger partial charge in [0.1, 0.15) is 5.82 Å². The second kappa shape index (κ2) is 5.74. The minimum Gasteiger partial charge on any atom is -0.383 e. The highest BCUT2D eigenvalue weighted by Gasteiger charge is 2.02. The minimum absolute atomic E-state index is 0.796. The van der Waals surface area contributed by atoms with Gasteiger partial charge in [0.25, 0.3) is 0 Å². The van der Waals surface area contributed by atoms with Gasteiger partial charge in [-0.2, -0.15) is 16.9 Å². The summed E-state index contributed by atoms with van der Waals surface area (Å²) in [7, 11) is 0. The Morgan fingerprint density at radius 3 is 2.92 bits per heavy atom. The lowest BCUT2D eigenvalue weighted by Crippen LogP contribution is -2.05. The first-order chi connectivity index (χ1) is 6.25. The van der Waals surface area contributed by atoms with E-state index >= 15 is 0 Å². The van der Waals surface area contributed by atoms with Crippen molar-refractivity contribution in [2.24, 2.45) is 0 Å². The third-order valence-electron chi connectivity index (χ3n) is 1.80. The largest absolute Gasteiger partial charge is 0.383 e. The maximum absolute atomic E-state index is 5.81. The zero-order valence-corrected chi connectivity index (χ0v) is 10.6. The molecule has 0 aliphatic carbocycles. The van der Waals surface area contributed by atoms with E-state index in [2.05, 4.69) is 33.9 Å². The number of thioether (sulfide) groups is 1. The third kappa shape index (κ3) is 3.38. The van der Waals surface area contributed by atoms with Crippen LogP contribution < -0.4 is 5.73 Å². The molecule has 0 saturated heterocycles. The number of nitrogens with two attached hydrogens (primary N) is 1. The number of hydrogen-bond donors (Lipinski definition) is 1. The number of unbranched alkanes of at least 4 members (excludes halogenated alkanes) is 1. The second-order valence-corrected chi connectivity index (χ2v) is 4.95. The summed E-state index contributed by atoms with van der Waals surface area (Å²) < 4.78 is 2.92. The summed E-state index contributed by atoms with van der Waals surface area (Å²) in [6.07, 6.45) is 6.33. The van der Waals surface area contributed by atoms with Crippen molar-refractivity contribution in [2.75, 3.05) is 17.7 Å². The Morgan fingerprint density at radius 1 is 1.62 bits per heavy atom. The van der Waals surface area contributed by atoms with Crippen LogP contribution in [0.5, 0.6) is 0 Å². The van der Waals surface area contributed by atoms with E-state index in [1.165, 1.54) is 12.2 Å². The van der Waals surface area contributed by atoms with E-state index in [9.17, 15) is 0 Å². The minimum atomic E-state index is 0.796. The molecule has 0 aliphatic rings. The van der Waals surface area contributed by atoms with E-state index in [4.69, 9.17) is 5.73 Å². The first kappa shape index (κ1) is 11.2. The van der Waals surface area contributed by atoms with Gasteiger partial charge in [-0.25, -0.2) is 4.68 Å². The lowest BCUT2D eigenvalue weighted by molar-refractivity contribution is 0.581. The van der Waals surface area contributed by atoms with E-state index in [1.807, 2.05) is 22.6 Å². The normalized spacial score (nSPS) is 10.6. The van der Waals surface area contributed by atoms with Crippen LogP contribution in [0.2, 0.25) is 0 Å². The van der Waals surface area contributed by atoms with Gasteiger partial charge in [-0.05, 0) is 47.4 Å². The van der Waals surface area contributed by atoms with Gasteiger partial charge in [-0.15, -0.1) is 0 Å². The predicted octanol–water partition coefficient (Wildman–Crippen LogP) is 2.21. The molecular formula is C8H14IN3S. The predicted molar refractivity (Wildman–Crippen MR) is 67.0 cm³/mol. The molecule has 0 amide bonds. The highest BCUT2D eigenvalue weighted by atomic mass is 127. The van der Waals surface area contributed by atoms with Crippen molar-refractivity contribution in [3.63, 3.8) is 0 Å². The average Bonchev–Trinajstić information content (AvgIpc) is 2.43. The SMILES string of the molecule is CSCCCCn1ncc(I)c1N. The van der Waals surface area contributed by atoms with Crippen LogP contribution in [0.15, 0.2) is 6.20 Å². The van der Waals surface area contributed by atoms with Crippen LogP contribution in [0.25, 0.3) is 0 Å². The molecule has 1 aromatic heterocycles. The fourth-order valence-electron chi connectivity index (χ4n) is 1.06. The van der Waals surface area contributed by atoms with Crippen molar-refractivity contribution in [1.82, 2.24) is 9.78 Å². The molecule has 2 N–H and O–H groups in total. The van der Waals surface area contributed by atoms with Gasteiger partial charge in [0.15, 0.2) is 0 Å². The fourth-order valence-corrected chi connectivity index (χ4v) is 1.95. The molecule has 5 heteroatoms. The molecule has 13 heavy (non-hydrogen) atoms. The summed E-state index contributed by atoms with van der Waals surface area (Å²) in [5.41, 5.74) is 5.81. The lowest BCUT2D eigenvalue weighted by Gasteiger charge is -2.03. The molecule has 0 bridgehead atoms. The summed E-state index contributed by atoms with van der Waals surface area (Å²) in [4.78, 5) is 0. The van der Waals surface area contributed by atoms with Crippen molar-refractivity contribution in [1.29, 1.82) is 0 Å². The molecule has 0 unspecified atom stereocenters. The maximum Gasteiger partial charge on any atom is 0.135 e. The standard InChI is InChI=1S/C8H14IN3S/c1-13-5-3-2-4-12-8(10)7(9)6-11-12/h6H,2-5,10H2,1H3. The van der Waals surface area contributed by atoms with Crippen LogP contribution in [0.4, 0.5) is 5.82 Å². The highest BCUT2D eigenvalue weighted by molar-refractivity contribution is 14.1. The molecule has 74 valence electrons. The molecule has 3 nitrogen and oxygen atoms in total. The van der Waals surface area contributed by atoms with Crippen LogP contribution >= 0.6 is 34.4 Å². The highest BCUT2D eigenvalue weighted by Crippen LogP contribution is 2.13. The van der Waals surface area contributed by atoms with E-state index in [0.717, 1.165) is 22.4 Å². The topological polar surface area (TPSA) is 43.8 Å². The van der Waals surface area contributed by atoms with Gasteiger partial charge in [0, 0.05) is 6.54 Å². The molecule has 1 heterocycles. The van der Waals surface area contributed by atoms with Crippen LogP contribution in [0.1, 0.15) is 12.8 Å². The molecule has 0 aromatic carbocycles. The Balaban J connectivity index is 2.32. The Kier molecular flexibility index (Phi) is 4.93. The molecule has 0 saturated carbocycles. The zero-order chi connectivity index (χ0) is 9.68. The quantitative estimate of drug-likeness (QED) is 0.670. The Bertz CT molecular complexity index is 262. The first-order valence-electron chi connectivity index (χ1n) is 4.21. The van der Waals surface area contributed by atoms with Gasteiger partial charge < -0.3 is 5.73 Å². The number of aromatic nitrogens is 2. The number of hydrogen-bond acceptors (Lipinski definition) is 3. The van der Waals surface area contributed by atoms with Crippen LogP contribution in [-0.4, -0.2) is 21.8 Å². The molecule has 1 aromatic rings. The van der Waals surface area contributed by atoms with E-state index in [0.29, 0.717) is 0 Å². The maximum atomic E-state index is 5.81. The van der Waals surface area contributed by atoms with Crippen LogP contribution in [0.3, 0.4) is 0 Å². The number of rotatable bonds is 5. The molecule has 0 radical (unpaired) electrons. The zero-order valence-electron chi connectivity index (χ0n) is 7.66. The number of aryl methyl sites for hydroxylation is 1. The molecule has 0 fully saturated rings. The molecule has 0 aliphatic heterocycles. The van der Waals surface area contributed by atoms with Gasteiger partial charge in [-0.1, -0.05) is 0 Å². The summed E-state index contributed by atoms with van der Waals surface area (Å²) in [5.74, 6) is 2.02. The molecule has 0 atom stereocenters. The monoisotopic (exact) mass is 311 g/mol. The summed E-state index contributed by atoms with van der Waals surface area (Å²) in [6, 6.07) is 0. The van der Waals surface area contributed by atoms with E-state index in [-0.39, 0.29) is 0 Å². The molecule has 1 rings (SSSR count). The first-order valence-corrected chi connectivity index (χ1v) is 6.68. The van der Waals surface area contributed by atoms with Crippen molar-refractivity contribution < 1.29 is 0 Å². The number of halogens is 1. The fraction of sp³-hybridized carbons (Fsp3) is 0.625.